The molecule has 1 aromatic rings. The van der Waals surface area contributed by atoms with E-state index in [4.69, 9.17) is 11.6 Å². The highest BCUT2D eigenvalue weighted by Crippen LogP contribution is 2.43. The minimum Gasteiger partial charge on any atom is -0.395 e. The summed E-state index contributed by atoms with van der Waals surface area (Å²) in [6.45, 7) is 0.0956. The van der Waals surface area contributed by atoms with Crippen molar-refractivity contribution in [3.8, 4) is 0 Å². The van der Waals surface area contributed by atoms with E-state index in [0.717, 1.165) is 31.2 Å². The summed E-state index contributed by atoms with van der Waals surface area (Å²) in [7, 11) is 0. The maximum atomic E-state index is 12.9. The normalized spacial score (nSPS) is 19.4. The van der Waals surface area contributed by atoms with Gasteiger partial charge in [0.15, 0.2) is 0 Å². The molecule has 1 N–H and O–H groups in total. The van der Waals surface area contributed by atoms with E-state index < -0.39 is 0 Å². The molecule has 1 aliphatic carbocycles. The number of hydrogen-bond acceptors (Lipinski definition) is 1. The number of rotatable bonds is 2. The first-order valence-corrected chi connectivity index (χ1v) is 5.62. The van der Waals surface area contributed by atoms with E-state index in [2.05, 4.69) is 0 Å². The second-order valence-electron chi connectivity index (χ2n) is 4.27. The van der Waals surface area contributed by atoms with Crippen molar-refractivity contribution in [2.75, 3.05) is 6.61 Å². The molecule has 2 rings (SSSR count). The molecule has 0 saturated heterocycles. The maximum Gasteiger partial charge on any atom is 0.124 e. The van der Waals surface area contributed by atoms with Gasteiger partial charge in [0.05, 0.1) is 6.61 Å². The van der Waals surface area contributed by atoms with Crippen molar-refractivity contribution in [2.45, 2.75) is 31.1 Å². The van der Waals surface area contributed by atoms with Crippen molar-refractivity contribution in [2.24, 2.45) is 0 Å². The molecule has 0 amide bonds. The molecule has 15 heavy (non-hydrogen) atoms. The monoisotopic (exact) mass is 228 g/mol. The lowest BCUT2D eigenvalue weighted by molar-refractivity contribution is 0.196. The minimum atomic E-state index is -0.324. The largest absolute Gasteiger partial charge is 0.395 e. The van der Waals surface area contributed by atoms with Gasteiger partial charge in [-0.2, -0.15) is 0 Å². The summed E-state index contributed by atoms with van der Waals surface area (Å²) in [5, 5.41) is 9.95. The van der Waals surface area contributed by atoms with Crippen molar-refractivity contribution < 1.29 is 9.50 Å². The minimum absolute atomic E-state index is 0.0956. The topological polar surface area (TPSA) is 20.2 Å². The van der Waals surface area contributed by atoms with E-state index in [-0.39, 0.29) is 17.8 Å². The van der Waals surface area contributed by atoms with Gasteiger partial charge in [0.25, 0.3) is 0 Å². The highest BCUT2D eigenvalue weighted by atomic mass is 35.5. The van der Waals surface area contributed by atoms with Crippen LogP contribution in [0.4, 0.5) is 4.39 Å². The van der Waals surface area contributed by atoms with Gasteiger partial charge in [0.1, 0.15) is 5.82 Å². The molecule has 1 saturated carbocycles. The SMILES string of the molecule is OCC1(c2ccc(F)cc2Cl)CCCC1. The number of benzene rings is 1. The van der Waals surface area contributed by atoms with Gasteiger partial charge in [-0.25, -0.2) is 4.39 Å². The molecule has 82 valence electrons. The Morgan fingerprint density at radius 1 is 1.33 bits per heavy atom. The molecular formula is C12H14ClFO. The lowest BCUT2D eigenvalue weighted by Crippen LogP contribution is -2.27. The second-order valence-corrected chi connectivity index (χ2v) is 4.68. The molecule has 1 aromatic carbocycles. The van der Waals surface area contributed by atoms with E-state index in [1.807, 2.05) is 0 Å². The number of aliphatic hydroxyl groups excluding tert-OH is 1. The van der Waals surface area contributed by atoms with Crippen LogP contribution in [0.25, 0.3) is 0 Å². The molecular weight excluding hydrogens is 215 g/mol. The summed E-state index contributed by atoms with van der Waals surface area (Å²) in [6.07, 6.45) is 4.09. The van der Waals surface area contributed by atoms with Crippen molar-refractivity contribution in [1.82, 2.24) is 0 Å². The second kappa shape index (κ2) is 4.11. The zero-order valence-electron chi connectivity index (χ0n) is 8.47. The summed E-state index contributed by atoms with van der Waals surface area (Å²) >= 11 is 6.03. The van der Waals surface area contributed by atoms with Crippen LogP contribution >= 0.6 is 11.6 Å². The highest BCUT2D eigenvalue weighted by Gasteiger charge is 2.36. The molecule has 3 heteroatoms. The summed E-state index contributed by atoms with van der Waals surface area (Å²) < 4.78 is 12.9. The van der Waals surface area contributed by atoms with E-state index in [9.17, 15) is 9.50 Å². The van der Waals surface area contributed by atoms with Crippen molar-refractivity contribution >= 4 is 11.6 Å². The highest BCUT2D eigenvalue weighted by molar-refractivity contribution is 6.31. The van der Waals surface area contributed by atoms with Gasteiger partial charge < -0.3 is 5.11 Å². The lowest BCUT2D eigenvalue weighted by atomic mass is 9.80. The Kier molecular flexibility index (Phi) is 2.98. The molecule has 0 heterocycles. The van der Waals surface area contributed by atoms with Gasteiger partial charge in [-0.05, 0) is 30.5 Å². The van der Waals surface area contributed by atoms with Gasteiger partial charge in [0, 0.05) is 10.4 Å². The van der Waals surface area contributed by atoms with Crippen molar-refractivity contribution in [3.05, 3.63) is 34.6 Å². The van der Waals surface area contributed by atoms with Crippen LogP contribution in [0, 0.1) is 5.82 Å². The smallest absolute Gasteiger partial charge is 0.124 e. The molecule has 0 spiro atoms. The first-order valence-electron chi connectivity index (χ1n) is 5.24. The Bertz CT molecular complexity index is 359. The third-order valence-electron chi connectivity index (χ3n) is 3.37. The molecule has 1 aliphatic rings. The summed E-state index contributed by atoms with van der Waals surface area (Å²) in [5.41, 5.74) is 0.663. The predicted octanol–water partition coefficient (Wildman–Crippen LogP) is 3.28. The number of hydrogen-bond donors (Lipinski definition) is 1. The Balaban J connectivity index is 2.42. The Morgan fingerprint density at radius 2 is 2.00 bits per heavy atom. The van der Waals surface area contributed by atoms with Gasteiger partial charge in [0.2, 0.25) is 0 Å². The average molecular weight is 229 g/mol. The van der Waals surface area contributed by atoms with Crippen LogP contribution in [0.2, 0.25) is 5.02 Å². The molecule has 0 aromatic heterocycles. The summed E-state index contributed by atoms with van der Waals surface area (Å²) in [6, 6.07) is 4.45. The molecule has 1 nitrogen and oxygen atoms in total. The fourth-order valence-electron chi connectivity index (χ4n) is 2.48. The van der Waals surface area contributed by atoms with Crippen LogP contribution in [-0.2, 0) is 5.41 Å². The fourth-order valence-corrected chi connectivity index (χ4v) is 2.85. The fraction of sp³-hybridized carbons (Fsp3) is 0.500. The Labute approximate surface area is 93.9 Å². The maximum absolute atomic E-state index is 12.9. The Morgan fingerprint density at radius 3 is 2.53 bits per heavy atom. The molecule has 0 unspecified atom stereocenters. The lowest BCUT2D eigenvalue weighted by Gasteiger charge is -2.28. The quantitative estimate of drug-likeness (QED) is 0.824. The standard InChI is InChI=1S/C12H14ClFO/c13-11-7-9(14)3-4-10(11)12(8-15)5-1-2-6-12/h3-4,7,15H,1-2,5-6,8H2. The molecule has 0 bridgehead atoms. The van der Waals surface area contributed by atoms with Crippen LogP contribution in [0.15, 0.2) is 18.2 Å². The van der Waals surface area contributed by atoms with Gasteiger partial charge >= 0.3 is 0 Å². The molecule has 0 aliphatic heterocycles. The molecule has 1 fully saturated rings. The van der Waals surface area contributed by atoms with E-state index in [1.54, 1.807) is 6.07 Å². The van der Waals surface area contributed by atoms with Crippen LogP contribution in [-0.4, -0.2) is 11.7 Å². The van der Waals surface area contributed by atoms with E-state index in [0.29, 0.717) is 5.02 Å². The van der Waals surface area contributed by atoms with Crippen LogP contribution in [0.1, 0.15) is 31.2 Å². The van der Waals surface area contributed by atoms with E-state index >= 15 is 0 Å². The van der Waals surface area contributed by atoms with Crippen LogP contribution in [0.5, 0.6) is 0 Å². The van der Waals surface area contributed by atoms with Gasteiger partial charge in [-0.1, -0.05) is 30.5 Å². The van der Waals surface area contributed by atoms with Gasteiger partial charge in [-0.15, -0.1) is 0 Å². The van der Waals surface area contributed by atoms with E-state index in [1.165, 1.54) is 12.1 Å². The third kappa shape index (κ3) is 1.88. The zero-order chi connectivity index (χ0) is 10.9. The molecule has 0 atom stereocenters. The first kappa shape index (κ1) is 10.9. The zero-order valence-corrected chi connectivity index (χ0v) is 9.23. The van der Waals surface area contributed by atoms with Crippen LogP contribution in [0.3, 0.4) is 0 Å². The third-order valence-corrected chi connectivity index (χ3v) is 3.68. The number of aliphatic hydroxyl groups is 1. The first-order chi connectivity index (χ1) is 7.18. The molecule has 0 radical (unpaired) electrons. The average Bonchev–Trinajstić information content (AvgIpc) is 2.67. The predicted molar refractivity (Wildman–Crippen MR) is 58.6 cm³/mol. The van der Waals surface area contributed by atoms with Crippen LogP contribution < -0.4 is 0 Å². The summed E-state index contributed by atoms with van der Waals surface area (Å²) in [5.74, 6) is -0.324. The van der Waals surface area contributed by atoms with Crippen molar-refractivity contribution in [1.29, 1.82) is 0 Å². The number of halogens is 2. The van der Waals surface area contributed by atoms with Gasteiger partial charge in [-0.3, -0.25) is 0 Å². The Hall–Kier alpha value is -0.600. The summed E-state index contributed by atoms with van der Waals surface area (Å²) in [4.78, 5) is 0. The van der Waals surface area contributed by atoms with Crippen molar-refractivity contribution in [3.63, 3.8) is 0 Å².